The number of hydrogen-bond acceptors (Lipinski definition) is 2. The molecule has 15 heavy (non-hydrogen) atoms. The molecule has 0 aliphatic carbocycles. The van der Waals surface area contributed by atoms with E-state index < -0.39 is 0 Å². The molecule has 0 saturated heterocycles. The van der Waals surface area contributed by atoms with Crippen molar-refractivity contribution in [2.75, 3.05) is 11.0 Å². The zero-order chi connectivity index (χ0) is 11.1. The first-order valence-electron chi connectivity index (χ1n) is 4.70. The molecular formula is C10H12BrIN2O. The molecule has 0 unspecified atom stereocenters. The molecule has 1 rings (SSSR count). The summed E-state index contributed by atoms with van der Waals surface area (Å²) in [6.07, 6.45) is 3.76. The number of amides is 1. The zero-order valence-corrected chi connectivity index (χ0v) is 11.9. The molecule has 1 heterocycles. The second-order valence-electron chi connectivity index (χ2n) is 2.99. The standard InChI is InChI=1S/C10H12BrIN2O/c11-8-4-3-7-13-9(8)10(15)14-6-2-1-5-12/h3-4,7H,1-2,5-6H2,(H,14,15). The molecule has 0 spiro atoms. The fourth-order valence-corrected chi connectivity index (χ4v) is 2.03. The number of halogens is 2. The van der Waals surface area contributed by atoms with Crippen LogP contribution in [0.3, 0.4) is 0 Å². The maximum Gasteiger partial charge on any atom is 0.271 e. The lowest BCUT2D eigenvalue weighted by Gasteiger charge is -2.04. The minimum Gasteiger partial charge on any atom is -0.351 e. The van der Waals surface area contributed by atoms with Crippen molar-refractivity contribution in [2.45, 2.75) is 12.8 Å². The van der Waals surface area contributed by atoms with E-state index >= 15 is 0 Å². The summed E-state index contributed by atoms with van der Waals surface area (Å²) < 4.78 is 1.86. The number of rotatable bonds is 5. The molecule has 0 bridgehead atoms. The van der Waals surface area contributed by atoms with Gasteiger partial charge in [-0.1, -0.05) is 22.6 Å². The van der Waals surface area contributed by atoms with Crippen LogP contribution in [0.15, 0.2) is 22.8 Å². The quantitative estimate of drug-likeness (QED) is 0.483. The molecule has 1 N–H and O–H groups in total. The SMILES string of the molecule is O=C(NCCCCI)c1ncccc1Br. The lowest BCUT2D eigenvalue weighted by Crippen LogP contribution is -2.25. The Morgan fingerprint density at radius 2 is 2.33 bits per heavy atom. The molecule has 0 saturated carbocycles. The number of hydrogen-bond donors (Lipinski definition) is 1. The van der Waals surface area contributed by atoms with Gasteiger partial charge in [-0.3, -0.25) is 4.79 Å². The molecule has 0 fully saturated rings. The van der Waals surface area contributed by atoms with Crippen LogP contribution < -0.4 is 5.32 Å². The Labute approximate surface area is 111 Å². The molecule has 0 aliphatic rings. The molecule has 0 radical (unpaired) electrons. The van der Waals surface area contributed by atoms with Gasteiger partial charge in [-0.05, 0) is 45.3 Å². The van der Waals surface area contributed by atoms with Gasteiger partial charge in [0.2, 0.25) is 0 Å². The number of carbonyl (C=O) groups excluding carboxylic acids is 1. The molecule has 1 amide bonds. The second kappa shape index (κ2) is 7.16. The first kappa shape index (κ1) is 12.9. The van der Waals surface area contributed by atoms with Gasteiger partial charge in [0.05, 0.1) is 0 Å². The van der Waals surface area contributed by atoms with Crippen LogP contribution in [0, 0.1) is 0 Å². The van der Waals surface area contributed by atoms with Gasteiger partial charge in [-0.15, -0.1) is 0 Å². The Balaban J connectivity index is 2.44. The summed E-state index contributed by atoms with van der Waals surface area (Å²) in [6.45, 7) is 0.713. The molecule has 3 nitrogen and oxygen atoms in total. The summed E-state index contributed by atoms with van der Waals surface area (Å²) in [5, 5.41) is 2.84. The first-order valence-corrected chi connectivity index (χ1v) is 7.02. The second-order valence-corrected chi connectivity index (χ2v) is 4.92. The number of aromatic nitrogens is 1. The van der Waals surface area contributed by atoms with Crippen molar-refractivity contribution in [2.24, 2.45) is 0 Å². The summed E-state index contributed by atoms with van der Waals surface area (Å²) in [7, 11) is 0. The number of unbranched alkanes of at least 4 members (excludes halogenated alkanes) is 1. The van der Waals surface area contributed by atoms with Crippen LogP contribution >= 0.6 is 38.5 Å². The van der Waals surface area contributed by atoms with Crippen LogP contribution in [0.25, 0.3) is 0 Å². The topological polar surface area (TPSA) is 42.0 Å². The number of alkyl halides is 1. The van der Waals surface area contributed by atoms with Gasteiger partial charge >= 0.3 is 0 Å². The van der Waals surface area contributed by atoms with Crippen LogP contribution in [0.1, 0.15) is 23.3 Å². The molecule has 0 aliphatic heterocycles. The summed E-state index contributed by atoms with van der Waals surface area (Å²) >= 11 is 5.62. The van der Waals surface area contributed by atoms with E-state index in [1.54, 1.807) is 12.3 Å². The normalized spacial score (nSPS) is 10.0. The maximum atomic E-state index is 11.6. The molecule has 1 aromatic rings. The Morgan fingerprint density at radius 1 is 1.53 bits per heavy atom. The zero-order valence-electron chi connectivity index (χ0n) is 8.17. The molecule has 82 valence electrons. The number of nitrogens with zero attached hydrogens (tertiary/aromatic N) is 1. The third-order valence-corrected chi connectivity index (χ3v) is 3.22. The average molecular weight is 383 g/mol. The monoisotopic (exact) mass is 382 g/mol. The minimum absolute atomic E-state index is 0.115. The molecule has 0 atom stereocenters. The Morgan fingerprint density at radius 3 is 3.00 bits per heavy atom. The summed E-state index contributed by atoms with van der Waals surface area (Å²) in [6, 6.07) is 3.60. The van der Waals surface area contributed by atoms with Crippen molar-refractivity contribution in [3.05, 3.63) is 28.5 Å². The van der Waals surface area contributed by atoms with Crippen LogP contribution in [-0.4, -0.2) is 21.9 Å². The largest absolute Gasteiger partial charge is 0.351 e. The molecular weight excluding hydrogens is 371 g/mol. The highest BCUT2D eigenvalue weighted by atomic mass is 127. The third-order valence-electron chi connectivity index (χ3n) is 1.82. The van der Waals surface area contributed by atoms with Gasteiger partial charge in [0.15, 0.2) is 0 Å². The van der Waals surface area contributed by atoms with Crippen LogP contribution in [-0.2, 0) is 0 Å². The highest BCUT2D eigenvalue weighted by Gasteiger charge is 2.09. The number of carbonyl (C=O) groups is 1. The van der Waals surface area contributed by atoms with E-state index in [0.29, 0.717) is 12.2 Å². The number of pyridine rings is 1. The van der Waals surface area contributed by atoms with Crippen molar-refractivity contribution in [1.82, 2.24) is 10.3 Å². The van der Waals surface area contributed by atoms with E-state index in [0.717, 1.165) is 21.7 Å². The summed E-state index contributed by atoms with van der Waals surface area (Å²) in [4.78, 5) is 15.6. The van der Waals surface area contributed by atoms with Gasteiger partial charge < -0.3 is 5.32 Å². The summed E-state index contributed by atoms with van der Waals surface area (Å²) in [5.41, 5.74) is 0.451. The van der Waals surface area contributed by atoms with Crippen LogP contribution in [0.4, 0.5) is 0 Å². The average Bonchev–Trinajstić information content (AvgIpc) is 2.25. The van der Waals surface area contributed by atoms with Crippen molar-refractivity contribution < 1.29 is 4.79 Å². The van der Waals surface area contributed by atoms with Gasteiger partial charge in [0.25, 0.3) is 5.91 Å². The van der Waals surface area contributed by atoms with E-state index in [1.807, 2.05) is 6.07 Å². The van der Waals surface area contributed by atoms with Gasteiger partial charge in [-0.2, -0.15) is 0 Å². The maximum absolute atomic E-state index is 11.6. The van der Waals surface area contributed by atoms with E-state index in [1.165, 1.54) is 0 Å². The van der Waals surface area contributed by atoms with Crippen molar-refractivity contribution in [3.63, 3.8) is 0 Å². The van der Waals surface area contributed by atoms with Crippen molar-refractivity contribution in [1.29, 1.82) is 0 Å². The van der Waals surface area contributed by atoms with E-state index in [-0.39, 0.29) is 5.91 Å². The van der Waals surface area contributed by atoms with E-state index in [4.69, 9.17) is 0 Å². The van der Waals surface area contributed by atoms with Gasteiger partial charge in [-0.25, -0.2) is 4.98 Å². The lowest BCUT2D eigenvalue weighted by molar-refractivity contribution is 0.0947. The van der Waals surface area contributed by atoms with Gasteiger partial charge in [0.1, 0.15) is 5.69 Å². The smallest absolute Gasteiger partial charge is 0.271 e. The Bertz CT molecular complexity index is 333. The summed E-state index contributed by atoms with van der Waals surface area (Å²) in [5.74, 6) is -0.115. The predicted molar refractivity (Wildman–Crippen MR) is 72.4 cm³/mol. The fraction of sp³-hybridized carbons (Fsp3) is 0.400. The van der Waals surface area contributed by atoms with Crippen LogP contribution in [0.2, 0.25) is 0 Å². The first-order chi connectivity index (χ1) is 7.25. The highest BCUT2D eigenvalue weighted by molar-refractivity contribution is 14.1. The number of nitrogens with one attached hydrogen (secondary N) is 1. The van der Waals surface area contributed by atoms with E-state index in [2.05, 4.69) is 48.8 Å². The Hall–Kier alpha value is -0.170. The van der Waals surface area contributed by atoms with E-state index in [9.17, 15) is 4.79 Å². The van der Waals surface area contributed by atoms with Crippen molar-refractivity contribution >= 4 is 44.4 Å². The fourth-order valence-electron chi connectivity index (χ4n) is 1.06. The predicted octanol–water partition coefficient (Wildman–Crippen LogP) is 2.79. The third kappa shape index (κ3) is 4.46. The molecule has 1 aromatic heterocycles. The highest BCUT2D eigenvalue weighted by Crippen LogP contribution is 2.12. The molecule has 0 aromatic carbocycles. The molecule has 5 heteroatoms. The van der Waals surface area contributed by atoms with Crippen molar-refractivity contribution in [3.8, 4) is 0 Å². The van der Waals surface area contributed by atoms with Gasteiger partial charge in [0, 0.05) is 17.2 Å². The Kier molecular flexibility index (Phi) is 6.16. The van der Waals surface area contributed by atoms with Crippen LogP contribution in [0.5, 0.6) is 0 Å². The lowest BCUT2D eigenvalue weighted by atomic mass is 10.3. The minimum atomic E-state index is -0.115.